The molecule has 0 spiro atoms. The van der Waals surface area contributed by atoms with Crippen LogP contribution >= 0.6 is 11.6 Å². The van der Waals surface area contributed by atoms with Crippen molar-refractivity contribution >= 4 is 11.6 Å². The number of hydrogen-bond acceptors (Lipinski definition) is 2. The van der Waals surface area contributed by atoms with E-state index in [1.807, 2.05) is 12.1 Å². The predicted octanol–water partition coefficient (Wildman–Crippen LogP) is 4.63. The second kappa shape index (κ2) is 8.17. The van der Waals surface area contributed by atoms with E-state index in [-0.39, 0.29) is 6.04 Å². The SMILES string of the molecule is CCC1CCCN(C(c2ccc(Cl)cc2)C(N)CC)CC1. The van der Waals surface area contributed by atoms with Gasteiger partial charge < -0.3 is 5.73 Å². The zero-order valence-electron chi connectivity index (χ0n) is 13.4. The van der Waals surface area contributed by atoms with Crippen molar-refractivity contribution in [3.8, 4) is 0 Å². The van der Waals surface area contributed by atoms with Crippen LogP contribution in [0.3, 0.4) is 0 Å². The van der Waals surface area contributed by atoms with Gasteiger partial charge >= 0.3 is 0 Å². The first kappa shape index (κ1) is 16.8. The van der Waals surface area contributed by atoms with Crippen molar-refractivity contribution in [3.63, 3.8) is 0 Å². The average molecular weight is 309 g/mol. The fourth-order valence-electron chi connectivity index (χ4n) is 3.49. The van der Waals surface area contributed by atoms with E-state index in [2.05, 4.69) is 30.9 Å². The van der Waals surface area contributed by atoms with Crippen LogP contribution in [-0.2, 0) is 0 Å². The summed E-state index contributed by atoms with van der Waals surface area (Å²) < 4.78 is 0. The highest BCUT2D eigenvalue weighted by atomic mass is 35.5. The van der Waals surface area contributed by atoms with Crippen LogP contribution in [0.2, 0.25) is 5.02 Å². The Labute approximate surface area is 134 Å². The van der Waals surface area contributed by atoms with Gasteiger partial charge in [0.2, 0.25) is 0 Å². The van der Waals surface area contributed by atoms with E-state index in [1.54, 1.807) is 0 Å². The van der Waals surface area contributed by atoms with Crippen LogP contribution in [0.25, 0.3) is 0 Å². The summed E-state index contributed by atoms with van der Waals surface area (Å²) in [5, 5.41) is 0.796. The Hall–Kier alpha value is -0.570. The molecule has 0 saturated carbocycles. The van der Waals surface area contributed by atoms with Gasteiger partial charge in [-0.3, -0.25) is 4.90 Å². The van der Waals surface area contributed by atoms with E-state index in [0.717, 1.165) is 23.9 Å². The summed E-state index contributed by atoms with van der Waals surface area (Å²) in [7, 11) is 0. The minimum absolute atomic E-state index is 0.185. The van der Waals surface area contributed by atoms with Gasteiger partial charge in [0.05, 0.1) is 0 Å². The van der Waals surface area contributed by atoms with Crippen LogP contribution in [0.15, 0.2) is 24.3 Å². The third kappa shape index (κ3) is 4.45. The maximum Gasteiger partial charge on any atom is 0.0499 e. The first-order valence-corrected chi connectivity index (χ1v) is 8.78. The molecule has 0 aliphatic carbocycles. The minimum Gasteiger partial charge on any atom is -0.326 e. The van der Waals surface area contributed by atoms with Crippen molar-refractivity contribution in [3.05, 3.63) is 34.9 Å². The lowest BCUT2D eigenvalue weighted by Gasteiger charge is -2.35. The molecule has 21 heavy (non-hydrogen) atoms. The predicted molar refractivity (Wildman–Crippen MR) is 91.7 cm³/mol. The number of nitrogens with two attached hydrogens (primary N) is 1. The monoisotopic (exact) mass is 308 g/mol. The van der Waals surface area contributed by atoms with Crippen LogP contribution in [-0.4, -0.2) is 24.0 Å². The Morgan fingerprint density at radius 3 is 2.52 bits per heavy atom. The van der Waals surface area contributed by atoms with E-state index in [1.165, 1.54) is 37.8 Å². The van der Waals surface area contributed by atoms with E-state index in [0.29, 0.717) is 6.04 Å². The molecule has 118 valence electrons. The second-order valence-electron chi connectivity index (χ2n) is 6.31. The third-order valence-electron chi connectivity index (χ3n) is 4.94. The lowest BCUT2D eigenvalue weighted by atomic mass is 9.95. The van der Waals surface area contributed by atoms with Crippen LogP contribution < -0.4 is 5.73 Å². The quantitative estimate of drug-likeness (QED) is 0.859. The zero-order valence-corrected chi connectivity index (χ0v) is 14.1. The molecule has 1 aromatic rings. The molecule has 1 aliphatic heterocycles. The maximum atomic E-state index is 6.46. The van der Waals surface area contributed by atoms with Crippen LogP contribution in [0.5, 0.6) is 0 Å². The summed E-state index contributed by atoms with van der Waals surface area (Å²) >= 11 is 6.03. The van der Waals surface area contributed by atoms with Crippen molar-refractivity contribution in [2.24, 2.45) is 11.7 Å². The van der Waals surface area contributed by atoms with E-state index >= 15 is 0 Å². The van der Waals surface area contributed by atoms with Gasteiger partial charge in [-0.1, -0.05) is 44.0 Å². The van der Waals surface area contributed by atoms with Gasteiger partial charge in [0.25, 0.3) is 0 Å². The first-order chi connectivity index (χ1) is 10.2. The number of nitrogens with zero attached hydrogens (tertiary/aromatic N) is 1. The normalized spacial score (nSPS) is 23.5. The topological polar surface area (TPSA) is 29.3 Å². The van der Waals surface area contributed by atoms with E-state index in [9.17, 15) is 0 Å². The fraction of sp³-hybridized carbons (Fsp3) is 0.667. The molecule has 1 saturated heterocycles. The molecule has 1 heterocycles. The van der Waals surface area contributed by atoms with Gasteiger partial charge in [-0.25, -0.2) is 0 Å². The number of halogens is 1. The Balaban J connectivity index is 2.17. The number of hydrogen-bond donors (Lipinski definition) is 1. The highest BCUT2D eigenvalue weighted by Gasteiger charge is 2.27. The Morgan fingerprint density at radius 2 is 1.90 bits per heavy atom. The maximum absolute atomic E-state index is 6.46. The Bertz CT molecular complexity index is 418. The smallest absolute Gasteiger partial charge is 0.0499 e. The molecule has 0 aromatic heterocycles. The highest BCUT2D eigenvalue weighted by molar-refractivity contribution is 6.30. The number of rotatable bonds is 5. The summed E-state index contributed by atoms with van der Waals surface area (Å²) in [6.45, 7) is 6.83. The first-order valence-electron chi connectivity index (χ1n) is 8.40. The molecule has 0 amide bonds. The zero-order chi connectivity index (χ0) is 15.2. The molecule has 3 atom stereocenters. The van der Waals surface area contributed by atoms with Gasteiger partial charge in [0.15, 0.2) is 0 Å². The summed E-state index contributed by atoms with van der Waals surface area (Å²) in [5.41, 5.74) is 7.77. The van der Waals surface area contributed by atoms with E-state index in [4.69, 9.17) is 17.3 Å². The van der Waals surface area contributed by atoms with Crippen LogP contribution in [0.4, 0.5) is 0 Å². The fourth-order valence-corrected chi connectivity index (χ4v) is 3.61. The van der Waals surface area contributed by atoms with Crippen molar-refractivity contribution in [2.75, 3.05) is 13.1 Å². The molecule has 1 aliphatic rings. The molecular weight excluding hydrogens is 280 g/mol. The Morgan fingerprint density at radius 1 is 1.19 bits per heavy atom. The van der Waals surface area contributed by atoms with Crippen LogP contribution in [0, 0.1) is 5.92 Å². The van der Waals surface area contributed by atoms with Gasteiger partial charge in [-0.2, -0.15) is 0 Å². The van der Waals surface area contributed by atoms with Crippen molar-refractivity contribution in [2.45, 2.75) is 58.0 Å². The van der Waals surface area contributed by atoms with Crippen molar-refractivity contribution < 1.29 is 0 Å². The number of benzene rings is 1. The lowest BCUT2D eigenvalue weighted by Crippen LogP contribution is -2.41. The molecular formula is C18H29ClN2. The molecule has 2 nitrogen and oxygen atoms in total. The van der Waals surface area contributed by atoms with Gasteiger partial charge in [0, 0.05) is 17.1 Å². The van der Waals surface area contributed by atoms with Gasteiger partial charge in [-0.05, 0) is 62.4 Å². The molecule has 0 radical (unpaired) electrons. The van der Waals surface area contributed by atoms with Crippen molar-refractivity contribution in [1.82, 2.24) is 4.90 Å². The average Bonchev–Trinajstić information content (AvgIpc) is 2.75. The van der Waals surface area contributed by atoms with E-state index < -0.39 is 0 Å². The summed E-state index contributed by atoms with van der Waals surface area (Å²) in [5.74, 6) is 0.888. The molecule has 2 N–H and O–H groups in total. The largest absolute Gasteiger partial charge is 0.326 e. The number of likely N-dealkylation sites (tertiary alicyclic amines) is 1. The molecule has 1 aromatic carbocycles. The van der Waals surface area contributed by atoms with Crippen molar-refractivity contribution in [1.29, 1.82) is 0 Å². The molecule has 3 unspecified atom stereocenters. The van der Waals surface area contributed by atoms with Gasteiger partial charge in [0.1, 0.15) is 0 Å². The van der Waals surface area contributed by atoms with Gasteiger partial charge in [-0.15, -0.1) is 0 Å². The summed E-state index contributed by atoms with van der Waals surface area (Å²) in [4.78, 5) is 2.60. The standard InChI is InChI=1S/C18H29ClN2/c1-3-14-6-5-12-21(13-11-14)18(17(20)4-2)15-7-9-16(19)10-8-15/h7-10,14,17-18H,3-6,11-13,20H2,1-2H3. The highest BCUT2D eigenvalue weighted by Crippen LogP contribution is 2.30. The third-order valence-corrected chi connectivity index (χ3v) is 5.19. The summed E-state index contributed by atoms with van der Waals surface area (Å²) in [6.07, 6.45) is 6.26. The molecule has 2 rings (SSSR count). The minimum atomic E-state index is 0.185. The molecule has 0 bridgehead atoms. The second-order valence-corrected chi connectivity index (χ2v) is 6.75. The Kier molecular flexibility index (Phi) is 6.53. The van der Waals surface area contributed by atoms with Crippen LogP contribution in [0.1, 0.15) is 57.6 Å². The summed E-state index contributed by atoms with van der Waals surface area (Å²) in [6, 6.07) is 8.76. The molecule has 1 fully saturated rings. The lowest BCUT2D eigenvalue weighted by molar-refractivity contribution is 0.173. The molecule has 3 heteroatoms.